The second-order valence-electron chi connectivity index (χ2n) is 20.4. The zero-order valence-electron chi connectivity index (χ0n) is 40.1. The smallest absolute Gasteiger partial charge is 0.216 e. The minimum absolute atomic E-state index is 0. The van der Waals surface area contributed by atoms with Gasteiger partial charge in [0.05, 0.1) is 30.5 Å². The molecule has 0 spiro atoms. The van der Waals surface area contributed by atoms with E-state index in [1.165, 1.54) is 60.8 Å². The Morgan fingerprint density at radius 3 is 2.17 bits per heavy atom. The van der Waals surface area contributed by atoms with Crippen LogP contribution >= 0.6 is 0 Å². The van der Waals surface area contributed by atoms with E-state index in [4.69, 9.17) is 19.4 Å². The van der Waals surface area contributed by atoms with Crippen molar-refractivity contribution in [1.82, 2.24) is 19.5 Å². The molecule has 1 atom stereocenters. The molecule has 339 valence electrons. The van der Waals surface area contributed by atoms with Gasteiger partial charge in [-0.05, 0) is 101 Å². The third kappa shape index (κ3) is 9.67. The summed E-state index contributed by atoms with van der Waals surface area (Å²) in [7, 11) is -1.36. The molecule has 10 rings (SSSR count). The normalized spacial score (nSPS) is 14.0. The standard InChI is InChI=1S/C38H34N3O.C21H28NSi.Ir/c1-23-21-27(26-13-8-7-9-14-26)22-24(2)34(23)41-33-18-11-10-17-32(33)39-36(41)30-16-12-15-28-29-19-20-31(25(3)38(4,5)6)40-37(29)42-35(28)30;1-23(2,3)21-16-22-20(18-12-8-5-9-13-18)15-19(21)14-17-10-6-4-7-11-17;/h7-15,17-22,25H,1-6H3;5,8-9,12,15-17H,4,6-7,10-11,14H2,1-3H3;/q2*-1;. The van der Waals surface area contributed by atoms with E-state index in [0.717, 1.165) is 67.3 Å². The van der Waals surface area contributed by atoms with Crippen LogP contribution in [0.1, 0.15) is 88.1 Å². The first-order valence-electron chi connectivity index (χ1n) is 23.6. The van der Waals surface area contributed by atoms with E-state index in [-0.39, 0.29) is 31.4 Å². The molecule has 7 heteroatoms. The summed E-state index contributed by atoms with van der Waals surface area (Å²) in [5, 5.41) is 3.57. The zero-order valence-corrected chi connectivity index (χ0v) is 43.4. The van der Waals surface area contributed by atoms with Crippen molar-refractivity contribution in [3.8, 4) is 39.5 Å². The quantitative estimate of drug-likeness (QED) is 0.112. The van der Waals surface area contributed by atoms with Crippen molar-refractivity contribution in [3.63, 3.8) is 0 Å². The molecule has 0 N–H and O–H groups in total. The Kier molecular flexibility index (Phi) is 13.8. The number of furan rings is 1. The van der Waals surface area contributed by atoms with Crippen molar-refractivity contribution in [2.45, 2.75) is 106 Å². The molecule has 1 radical (unpaired) electrons. The van der Waals surface area contributed by atoms with Gasteiger partial charge in [-0.15, -0.1) is 54.1 Å². The van der Waals surface area contributed by atoms with Crippen LogP contribution in [-0.4, -0.2) is 27.6 Å². The van der Waals surface area contributed by atoms with E-state index in [1.54, 1.807) is 10.8 Å². The average Bonchev–Trinajstić information content (AvgIpc) is 3.87. The summed E-state index contributed by atoms with van der Waals surface area (Å²) in [6, 6.07) is 49.1. The first-order valence-corrected chi connectivity index (χ1v) is 27.1. The molecule has 1 saturated carbocycles. The van der Waals surface area contributed by atoms with Crippen molar-refractivity contribution in [3.05, 3.63) is 162 Å². The van der Waals surface area contributed by atoms with Crippen molar-refractivity contribution < 1.29 is 24.5 Å². The summed E-state index contributed by atoms with van der Waals surface area (Å²) in [4.78, 5) is 14.9. The maximum absolute atomic E-state index is 6.57. The van der Waals surface area contributed by atoms with E-state index in [0.29, 0.717) is 5.71 Å². The number of para-hydroxylation sites is 2. The molecule has 0 bridgehead atoms. The van der Waals surface area contributed by atoms with E-state index < -0.39 is 8.07 Å². The molecule has 0 aliphatic heterocycles. The number of aromatic nitrogens is 4. The molecule has 1 aliphatic rings. The summed E-state index contributed by atoms with van der Waals surface area (Å²) in [5.74, 6) is 1.96. The fraction of sp³-hybridized carbons (Fsp3) is 0.305. The molecule has 0 amide bonds. The predicted molar refractivity (Wildman–Crippen MR) is 275 cm³/mol. The molecule has 4 heterocycles. The Bertz CT molecular complexity index is 3090. The summed E-state index contributed by atoms with van der Waals surface area (Å²) in [5.41, 5.74) is 15.0. The molecule has 66 heavy (non-hydrogen) atoms. The largest absolute Gasteiger partial charge is 0.486 e. The number of rotatable bonds is 8. The third-order valence-electron chi connectivity index (χ3n) is 13.7. The van der Waals surface area contributed by atoms with Crippen LogP contribution in [0.15, 0.2) is 132 Å². The Hall–Kier alpha value is -5.46. The van der Waals surface area contributed by atoms with Crippen molar-refractivity contribution in [1.29, 1.82) is 0 Å². The molecule has 0 saturated heterocycles. The minimum atomic E-state index is -1.36. The Balaban J connectivity index is 0.000000209. The first kappa shape index (κ1) is 47.0. The van der Waals surface area contributed by atoms with Crippen LogP contribution in [0, 0.1) is 37.3 Å². The Morgan fingerprint density at radius 1 is 0.758 bits per heavy atom. The van der Waals surface area contributed by atoms with Gasteiger partial charge < -0.3 is 14.0 Å². The van der Waals surface area contributed by atoms with Gasteiger partial charge in [0, 0.05) is 49.0 Å². The fourth-order valence-corrected chi connectivity index (χ4v) is 11.3. The van der Waals surface area contributed by atoms with Gasteiger partial charge in [-0.3, -0.25) is 4.98 Å². The number of benzene rings is 5. The maximum Gasteiger partial charge on any atom is 0.216 e. The predicted octanol–water partition coefficient (Wildman–Crippen LogP) is 15.4. The third-order valence-corrected chi connectivity index (χ3v) is 15.8. The molecule has 9 aromatic rings. The number of fused-ring (bicyclic) bond motifs is 4. The Labute approximate surface area is 406 Å². The number of pyridine rings is 2. The molecule has 5 aromatic carbocycles. The van der Waals surface area contributed by atoms with Crippen molar-refractivity contribution in [2.24, 2.45) is 11.3 Å². The van der Waals surface area contributed by atoms with Crippen LogP contribution in [0.2, 0.25) is 19.6 Å². The van der Waals surface area contributed by atoms with Crippen molar-refractivity contribution in [2.75, 3.05) is 0 Å². The molecular formula is C59H62IrN4OSi-2. The number of nitrogens with zero attached hydrogens (tertiary/aromatic N) is 4. The van der Waals surface area contributed by atoms with Crippen molar-refractivity contribution >= 4 is 46.4 Å². The Morgan fingerprint density at radius 2 is 1.47 bits per heavy atom. The molecule has 1 unspecified atom stereocenters. The van der Waals surface area contributed by atoms with E-state index in [2.05, 4.69) is 181 Å². The van der Waals surface area contributed by atoms with Gasteiger partial charge in [-0.25, -0.2) is 4.98 Å². The fourth-order valence-electron chi connectivity index (χ4n) is 9.76. The monoisotopic (exact) mass is 1060 g/mol. The van der Waals surface area contributed by atoms with Crippen LogP contribution in [-0.2, 0) is 26.5 Å². The van der Waals surface area contributed by atoms with Crippen LogP contribution in [0.25, 0.3) is 72.6 Å². The molecule has 1 fully saturated rings. The molecule has 5 nitrogen and oxygen atoms in total. The summed E-state index contributed by atoms with van der Waals surface area (Å²) in [6.45, 7) is 20.6. The van der Waals surface area contributed by atoms with E-state index >= 15 is 0 Å². The number of aryl methyl sites for hydroxylation is 2. The van der Waals surface area contributed by atoms with Gasteiger partial charge >= 0.3 is 0 Å². The van der Waals surface area contributed by atoms with Gasteiger partial charge in [0.25, 0.3) is 0 Å². The summed E-state index contributed by atoms with van der Waals surface area (Å²) in [6.07, 6.45) is 10.5. The van der Waals surface area contributed by atoms with Gasteiger partial charge in [-0.1, -0.05) is 144 Å². The van der Waals surface area contributed by atoms with Gasteiger partial charge in [0.15, 0.2) is 0 Å². The van der Waals surface area contributed by atoms with Crippen LogP contribution in [0.3, 0.4) is 0 Å². The second kappa shape index (κ2) is 19.4. The average molecular weight is 1060 g/mol. The minimum Gasteiger partial charge on any atom is -0.486 e. The first-order chi connectivity index (χ1) is 31.2. The molecular weight excluding hydrogens is 1000 g/mol. The summed E-state index contributed by atoms with van der Waals surface area (Å²) < 4.78 is 8.84. The van der Waals surface area contributed by atoms with E-state index in [9.17, 15) is 0 Å². The number of hydrogen-bond donors (Lipinski definition) is 0. The molecule has 4 aromatic heterocycles. The van der Waals surface area contributed by atoms with Crippen LogP contribution in [0.4, 0.5) is 0 Å². The number of hydrogen-bond acceptors (Lipinski definition) is 4. The van der Waals surface area contributed by atoms with Gasteiger partial charge in [0.1, 0.15) is 0 Å². The zero-order chi connectivity index (χ0) is 45.5. The van der Waals surface area contributed by atoms with Gasteiger partial charge in [-0.2, -0.15) is 0 Å². The topological polar surface area (TPSA) is 56.7 Å². The number of imidazole rings is 1. The molecule has 1 aliphatic carbocycles. The maximum atomic E-state index is 6.57. The SMILES string of the molecule is C[Si](C)(C)c1cnc(-c2[c-]cccc2)cc1CC1CCCCC1.Cc1cc(-c2ccccc2)cc(C)c1-n1c(-c2[c-]ccc3c2oc2nc(C(C)C(C)(C)C)ccc23)nc2ccccc21.[Ir]. The summed E-state index contributed by atoms with van der Waals surface area (Å²) >= 11 is 0. The van der Waals surface area contributed by atoms with Gasteiger partial charge in [0.2, 0.25) is 5.71 Å². The second-order valence-corrected chi connectivity index (χ2v) is 25.5. The van der Waals surface area contributed by atoms with E-state index in [1.807, 2.05) is 24.3 Å². The van der Waals surface area contributed by atoms with Crippen LogP contribution < -0.4 is 5.19 Å². The van der Waals surface area contributed by atoms with Crippen LogP contribution in [0.5, 0.6) is 0 Å².